The molecule has 1 aromatic heterocycles. The lowest BCUT2D eigenvalue weighted by Crippen LogP contribution is -2.49. The number of benzene rings is 1. The van der Waals surface area contributed by atoms with Crippen molar-refractivity contribution in [1.29, 1.82) is 0 Å². The molecule has 4 rings (SSSR count). The zero-order valence-corrected chi connectivity index (χ0v) is 15.4. The van der Waals surface area contributed by atoms with Crippen LogP contribution in [0.15, 0.2) is 36.5 Å². The van der Waals surface area contributed by atoms with E-state index in [1.165, 1.54) is 10.9 Å². The Kier molecular flexibility index (Phi) is 5.18. The van der Waals surface area contributed by atoms with Gasteiger partial charge in [0.1, 0.15) is 0 Å². The van der Waals surface area contributed by atoms with Gasteiger partial charge >= 0.3 is 0 Å². The third-order valence-corrected chi connectivity index (χ3v) is 5.81. The quantitative estimate of drug-likeness (QED) is 0.917. The third kappa shape index (κ3) is 3.74. The Morgan fingerprint density at radius 2 is 2.04 bits per heavy atom. The van der Waals surface area contributed by atoms with Gasteiger partial charge in [0.05, 0.1) is 18.7 Å². The van der Waals surface area contributed by atoms with E-state index >= 15 is 0 Å². The number of hydrogen-bond acceptors (Lipinski definition) is 4. The van der Waals surface area contributed by atoms with Crippen molar-refractivity contribution in [2.24, 2.45) is 5.92 Å². The largest absolute Gasteiger partial charge is 0.379 e. The first-order valence-corrected chi connectivity index (χ1v) is 9.62. The van der Waals surface area contributed by atoms with Crippen molar-refractivity contribution in [2.45, 2.75) is 38.3 Å². The minimum Gasteiger partial charge on any atom is -0.379 e. The van der Waals surface area contributed by atoms with Gasteiger partial charge in [0.25, 0.3) is 0 Å². The van der Waals surface area contributed by atoms with Gasteiger partial charge in [-0.15, -0.1) is 0 Å². The van der Waals surface area contributed by atoms with E-state index < -0.39 is 0 Å². The molecule has 0 radical (unpaired) electrons. The van der Waals surface area contributed by atoms with Crippen LogP contribution in [-0.2, 0) is 16.0 Å². The van der Waals surface area contributed by atoms with E-state index in [-0.39, 0.29) is 5.91 Å². The smallest absolute Gasteiger partial charge is 0.219 e. The summed E-state index contributed by atoms with van der Waals surface area (Å²) >= 11 is 0. The number of amides is 1. The number of fused-ring (bicyclic) bond motifs is 1. The number of para-hydroxylation sites is 1. The summed E-state index contributed by atoms with van der Waals surface area (Å²) in [6, 6.07) is 11.4. The van der Waals surface area contributed by atoms with Gasteiger partial charge in [0.15, 0.2) is 0 Å². The van der Waals surface area contributed by atoms with E-state index in [1.807, 2.05) is 17.2 Å². The number of ether oxygens (including phenoxy) is 1. The highest BCUT2D eigenvalue weighted by molar-refractivity contribution is 5.81. The van der Waals surface area contributed by atoms with Crippen LogP contribution in [-0.4, -0.2) is 54.2 Å². The Balaban J connectivity index is 1.40. The van der Waals surface area contributed by atoms with Gasteiger partial charge in [-0.05, 0) is 37.0 Å². The van der Waals surface area contributed by atoms with Gasteiger partial charge in [-0.3, -0.25) is 9.78 Å². The topological polar surface area (TPSA) is 54.5 Å². The summed E-state index contributed by atoms with van der Waals surface area (Å²) in [6.45, 7) is 4.97. The number of hydrogen-bond donors (Lipinski definition) is 1. The molecule has 138 valence electrons. The number of rotatable bonds is 4. The molecule has 5 heteroatoms. The molecule has 0 unspecified atom stereocenters. The lowest BCUT2D eigenvalue weighted by atomic mass is 9.92. The van der Waals surface area contributed by atoms with Crippen LogP contribution < -0.4 is 5.32 Å². The minimum atomic E-state index is 0.190. The molecule has 2 atom stereocenters. The Morgan fingerprint density at radius 3 is 2.85 bits per heavy atom. The Hall–Kier alpha value is -1.98. The maximum Gasteiger partial charge on any atom is 0.219 e. The standard InChI is InChI=1S/C21H27N3O2/c1-15(25)24-10-7-18(8-11-24)23-21-14-26-13-17(21)12-16-6-9-22-20-5-3-2-4-19(16)20/h2-6,9,17-18,21,23H,7-8,10-14H2,1H3/t17-,21-/m1/s1. The lowest BCUT2D eigenvalue weighted by Gasteiger charge is -2.34. The van der Waals surface area contributed by atoms with E-state index in [4.69, 9.17) is 4.74 Å². The highest BCUT2D eigenvalue weighted by atomic mass is 16.5. The highest BCUT2D eigenvalue weighted by Crippen LogP contribution is 2.25. The summed E-state index contributed by atoms with van der Waals surface area (Å²) in [4.78, 5) is 17.9. The molecule has 2 aliphatic rings. The van der Waals surface area contributed by atoms with Crippen LogP contribution in [0, 0.1) is 5.92 Å². The second-order valence-corrected chi connectivity index (χ2v) is 7.54. The number of nitrogens with one attached hydrogen (secondary N) is 1. The molecule has 1 aromatic carbocycles. The summed E-state index contributed by atoms with van der Waals surface area (Å²) in [6.07, 6.45) is 4.97. The number of likely N-dealkylation sites (tertiary alicyclic amines) is 1. The van der Waals surface area contributed by atoms with Gasteiger partial charge in [-0.25, -0.2) is 0 Å². The third-order valence-electron chi connectivity index (χ3n) is 5.81. The number of carbonyl (C=O) groups is 1. The number of piperidine rings is 1. The van der Waals surface area contributed by atoms with Crippen molar-refractivity contribution in [3.63, 3.8) is 0 Å². The van der Waals surface area contributed by atoms with Crippen molar-refractivity contribution >= 4 is 16.8 Å². The van der Waals surface area contributed by atoms with Crippen molar-refractivity contribution in [3.05, 3.63) is 42.1 Å². The number of aromatic nitrogens is 1. The molecule has 2 aliphatic heterocycles. The van der Waals surface area contributed by atoms with E-state index in [0.29, 0.717) is 18.0 Å². The molecule has 0 saturated carbocycles. The normalized spacial score (nSPS) is 24.3. The maximum atomic E-state index is 11.5. The fraction of sp³-hybridized carbons (Fsp3) is 0.524. The summed E-state index contributed by atoms with van der Waals surface area (Å²) in [5, 5.41) is 5.06. The van der Waals surface area contributed by atoms with Crippen LogP contribution in [0.3, 0.4) is 0 Å². The van der Waals surface area contributed by atoms with Crippen LogP contribution in [0.1, 0.15) is 25.3 Å². The van der Waals surface area contributed by atoms with Crippen molar-refractivity contribution in [2.75, 3.05) is 26.3 Å². The highest BCUT2D eigenvalue weighted by Gasteiger charge is 2.31. The SMILES string of the molecule is CC(=O)N1CCC(N[C@@H]2COC[C@H]2Cc2ccnc3ccccc23)CC1. The predicted molar refractivity (Wildman–Crippen MR) is 102 cm³/mol. The van der Waals surface area contributed by atoms with Gasteiger partial charge in [0.2, 0.25) is 5.91 Å². The van der Waals surface area contributed by atoms with Crippen LogP contribution in [0.2, 0.25) is 0 Å². The monoisotopic (exact) mass is 353 g/mol. The van der Waals surface area contributed by atoms with Gasteiger partial charge < -0.3 is 15.0 Å². The summed E-state index contributed by atoms with van der Waals surface area (Å²) in [5.41, 5.74) is 2.41. The van der Waals surface area contributed by atoms with Gasteiger partial charge in [0, 0.05) is 49.6 Å². The summed E-state index contributed by atoms with van der Waals surface area (Å²) in [7, 11) is 0. The Labute approximate surface area is 154 Å². The van der Waals surface area contributed by atoms with Crippen LogP contribution in [0.4, 0.5) is 0 Å². The molecule has 2 fully saturated rings. The maximum absolute atomic E-state index is 11.5. The second-order valence-electron chi connectivity index (χ2n) is 7.54. The van der Waals surface area contributed by atoms with E-state index in [2.05, 4.69) is 34.6 Å². The molecule has 1 amide bonds. The Bertz CT molecular complexity index is 765. The van der Waals surface area contributed by atoms with E-state index in [1.54, 1.807) is 6.92 Å². The minimum absolute atomic E-state index is 0.190. The van der Waals surface area contributed by atoms with Crippen LogP contribution >= 0.6 is 0 Å². The number of nitrogens with zero attached hydrogens (tertiary/aromatic N) is 2. The molecule has 0 spiro atoms. The first kappa shape index (κ1) is 17.4. The average Bonchev–Trinajstić information content (AvgIpc) is 3.09. The van der Waals surface area contributed by atoms with Crippen molar-refractivity contribution < 1.29 is 9.53 Å². The molecule has 0 bridgehead atoms. The first-order chi connectivity index (χ1) is 12.7. The fourth-order valence-electron chi connectivity index (χ4n) is 4.26. The molecular formula is C21H27N3O2. The molecule has 3 heterocycles. The second kappa shape index (κ2) is 7.72. The first-order valence-electron chi connectivity index (χ1n) is 9.62. The van der Waals surface area contributed by atoms with Crippen molar-refractivity contribution in [1.82, 2.24) is 15.2 Å². The molecular weight excluding hydrogens is 326 g/mol. The summed E-state index contributed by atoms with van der Waals surface area (Å²) < 4.78 is 5.81. The van der Waals surface area contributed by atoms with E-state index in [0.717, 1.165) is 51.1 Å². The number of carbonyl (C=O) groups excluding carboxylic acids is 1. The van der Waals surface area contributed by atoms with E-state index in [9.17, 15) is 4.79 Å². The van der Waals surface area contributed by atoms with Crippen molar-refractivity contribution in [3.8, 4) is 0 Å². The number of pyridine rings is 1. The molecule has 2 saturated heterocycles. The Morgan fingerprint density at radius 1 is 1.23 bits per heavy atom. The lowest BCUT2D eigenvalue weighted by molar-refractivity contribution is -0.129. The summed E-state index contributed by atoms with van der Waals surface area (Å²) in [5.74, 6) is 0.668. The average molecular weight is 353 g/mol. The predicted octanol–water partition coefficient (Wildman–Crippen LogP) is 2.39. The fourth-order valence-corrected chi connectivity index (χ4v) is 4.26. The molecule has 1 N–H and O–H groups in total. The van der Waals surface area contributed by atoms with Crippen LogP contribution in [0.5, 0.6) is 0 Å². The van der Waals surface area contributed by atoms with Gasteiger partial charge in [-0.1, -0.05) is 18.2 Å². The molecule has 5 nitrogen and oxygen atoms in total. The van der Waals surface area contributed by atoms with Gasteiger partial charge in [-0.2, -0.15) is 0 Å². The zero-order valence-electron chi connectivity index (χ0n) is 15.4. The molecule has 0 aliphatic carbocycles. The molecule has 2 aromatic rings. The zero-order chi connectivity index (χ0) is 17.9. The van der Waals surface area contributed by atoms with Crippen LogP contribution in [0.25, 0.3) is 10.9 Å². The molecule has 26 heavy (non-hydrogen) atoms.